The molecule has 23 heavy (non-hydrogen) atoms. The van der Waals surface area contributed by atoms with E-state index in [0.717, 1.165) is 30.6 Å². The van der Waals surface area contributed by atoms with Crippen LogP contribution in [0.3, 0.4) is 0 Å². The number of carbonyl (C=O) groups is 1. The normalized spacial score (nSPS) is 11.5. The highest BCUT2D eigenvalue weighted by Crippen LogP contribution is 2.31. The van der Waals surface area contributed by atoms with Crippen molar-refractivity contribution in [1.29, 1.82) is 0 Å². The molecule has 1 N–H and O–H groups in total. The molecule has 0 aliphatic carbocycles. The van der Waals surface area contributed by atoms with Crippen LogP contribution < -0.4 is 10.1 Å². The second kappa shape index (κ2) is 7.49. The quantitative estimate of drug-likeness (QED) is 0.752. The maximum Gasteiger partial charge on any atom is 0.573 e. The van der Waals surface area contributed by atoms with E-state index in [1.54, 1.807) is 0 Å². The number of alkyl halides is 3. The standard InChI is InChI=1S/C14H15F3N2O3S/c1-2-3-4-7-21-13(20)19-12-18-10-6-5-9(8-11(10)23-12)22-14(15,16)17/h5-6,8H,2-4,7H2,1H3,(H,18,19,20). The van der Waals surface area contributed by atoms with Gasteiger partial charge in [-0.15, -0.1) is 13.2 Å². The van der Waals surface area contributed by atoms with Gasteiger partial charge in [-0.05, 0) is 18.6 Å². The highest BCUT2D eigenvalue weighted by Gasteiger charge is 2.31. The van der Waals surface area contributed by atoms with E-state index >= 15 is 0 Å². The Bertz CT molecular complexity index is 673. The molecule has 0 radical (unpaired) electrons. The van der Waals surface area contributed by atoms with Gasteiger partial charge in [0.15, 0.2) is 5.13 Å². The first-order valence-electron chi connectivity index (χ1n) is 6.97. The van der Waals surface area contributed by atoms with Gasteiger partial charge in [-0.3, -0.25) is 5.32 Å². The molecule has 0 saturated carbocycles. The zero-order valence-corrected chi connectivity index (χ0v) is 13.1. The largest absolute Gasteiger partial charge is 0.573 e. The van der Waals surface area contributed by atoms with Gasteiger partial charge in [-0.25, -0.2) is 9.78 Å². The average Bonchev–Trinajstić information content (AvgIpc) is 2.83. The SMILES string of the molecule is CCCCCOC(=O)Nc1nc2ccc(OC(F)(F)F)cc2s1. The highest BCUT2D eigenvalue weighted by molar-refractivity contribution is 7.22. The van der Waals surface area contributed by atoms with Crippen molar-refractivity contribution in [2.24, 2.45) is 0 Å². The van der Waals surface area contributed by atoms with Gasteiger partial charge in [0.2, 0.25) is 0 Å². The van der Waals surface area contributed by atoms with E-state index in [4.69, 9.17) is 4.74 Å². The van der Waals surface area contributed by atoms with Crippen molar-refractivity contribution in [3.05, 3.63) is 18.2 Å². The number of ether oxygens (including phenoxy) is 2. The molecule has 126 valence electrons. The molecule has 0 aliphatic heterocycles. The topological polar surface area (TPSA) is 60.5 Å². The van der Waals surface area contributed by atoms with Gasteiger partial charge in [0, 0.05) is 6.07 Å². The maximum absolute atomic E-state index is 12.2. The Labute approximate surface area is 134 Å². The first-order chi connectivity index (χ1) is 10.9. The molecular formula is C14H15F3N2O3S. The third kappa shape index (κ3) is 5.59. The fourth-order valence-electron chi connectivity index (χ4n) is 1.80. The Morgan fingerprint density at radius 3 is 2.83 bits per heavy atom. The lowest BCUT2D eigenvalue weighted by molar-refractivity contribution is -0.274. The van der Waals surface area contributed by atoms with Crippen LogP contribution in [0.4, 0.5) is 23.1 Å². The summed E-state index contributed by atoms with van der Waals surface area (Å²) in [7, 11) is 0. The number of rotatable bonds is 6. The monoisotopic (exact) mass is 348 g/mol. The van der Waals surface area contributed by atoms with Gasteiger partial charge < -0.3 is 9.47 Å². The minimum atomic E-state index is -4.75. The molecule has 2 rings (SSSR count). The number of thiazole rings is 1. The van der Waals surface area contributed by atoms with Crippen molar-refractivity contribution in [3.8, 4) is 5.75 Å². The highest BCUT2D eigenvalue weighted by atomic mass is 32.1. The molecule has 0 aliphatic rings. The van der Waals surface area contributed by atoms with Crippen molar-refractivity contribution in [2.75, 3.05) is 11.9 Å². The van der Waals surface area contributed by atoms with E-state index < -0.39 is 12.5 Å². The van der Waals surface area contributed by atoms with E-state index in [-0.39, 0.29) is 10.9 Å². The third-order valence-electron chi connectivity index (χ3n) is 2.78. The molecule has 1 amide bonds. The molecular weight excluding hydrogens is 333 g/mol. The van der Waals surface area contributed by atoms with Crippen LogP contribution in [-0.4, -0.2) is 24.0 Å². The molecule has 0 spiro atoms. The smallest absolute Gasteiger partial charge is 0.449 e. The van der Waals surface area contributed by atoms with Crippen LogP contribution in [0.25, 0.3) is 10.2 Å². The minimum absolute atomic E-state index is 0.254. The Morgan fingerprint density at radius 2 is 2.13 bits per heavy atom. The molecule has 1 aromatic heterocycles. The van der Waals surface area contributed by atoms with Crippen LogP contribution in [0.2, 0.25) is 0 Å². The number of fused-ring (bicyclic) bond motifs is 1. The number of halogens is 3. The van der Waals surface area contributed by atoms with E-state index in [1.165, 1.54) is 18.2 Å². The van der Waals surface area contributed by atoms with Gasteiger partial charge in [-0.2, -0.15) is 0 Å². The molecule has 9 heteroatoms. The molecule has 0 atom stereocenters. The molecule has 0 saturated heterocycles. The third-order valence-corrected chi connectivity index (χ3v) is 3.72. The fraction of sp³-hybridized carbons (Fsp3) is 0.429. The van der Waals surface area contributed by atoms with Gasteiger partial charge in [0.1, 0.15) is 5.75 Å². The molecule has 2 aromatic rings. The van der Waals surface area contributed by atoms with Crippen LogP contribution in [0.1, 0.15) is 26.2 Å². The molecule has 1 aromatic carbocycles. The summed E-state index contributed by atoms with van der Waals surface area (Å²) < 4.78 is 45.8. The predicted octanol–water partition coefficient (Wildman–Crippen LogP) is 4.93. The summed E-state index contributed by atoms with van der Waals surface area (Å²) in [6.45, 7) is 2.35. The number of nitrogens with one attached hydrogen (secondary N) is 1. The lowest BCUT2D eigenvalue weighted by Crippen LogP contribution is -2.16. The molecule has 1 heterocycles. The van der Waals surface area contributed by atoms with Crippen LogP contribution >= 0.6 is 11.3 Å². The molecule has 0 unspecified atom stereocenters. The average molecular weight is 348 g/mol. The first kappa shape index (κ1) is 17.3. The number of amides is 1. The van der Waals surface area contributed by atoms with Crippen molar-refractivity contribution in [2.45, 2.75) is 32.5 Å². The summed E-state index contributed by atoms with van der Waals surface area (Å²) in [4.78, 5) is 15.7. The zero-order valence-electron chi connectivity index (χ0n) is 12.3. The Balaban J connectivity index is 1.98. The van der Waals surface area contributed by atoms with Crippen LogP contribution in [0, 0.1) is 0 Å². The summed E-state index contributed by atoms with van der Waals surface area (Å²) in [6.07, 6.45) is -2.61. The van der Waals surface area contributed by atoms with E-state index in [1.807, 2.05) is 6.92 Å². The number of hydrogen-bond acceptors (Lipinski definition) is 5. The van der Waals surface area contributed by atoms with E-state index in [0.29, 0.717) is 16.8 Å². The number of carbonyl (C=O) groups excluding carboxylic acids is 1. The number of aromatic nitrogens is 1. The first-order valence-corrected chi connectivity index (χ1v) is 7.79. The minimum Gasteiger partial charge on any atom is -0.449 e. The summed E-state index contributed by atoms with van der Waals surface area (Å²) in [5, 5.41) is 2.71. The van der Waals surface area contributed by atoms with Gasteiger partial charge in [-0.1, -0.05) is 31.1 Å². The molecule has 0 bridgehead atoms. The fourth-order valence-corrected chi connectivity index (χ4v) is 2.68. The number of anilines is 1. The summed E-state index contributed by atoms with van der Waals surface area (Å²) in [5.74, 6) is -0.331. The molecule has 5 nitrogen and oxygen atoms in total. The summed E-state index contributed by atoms with van der Waals surface area (Å²) in [5.41, 5.74) is 0.464. The van der Waals surface area contributed by atoms with Crippen molar-refractivity contribution >= 4 is 32.8 Å². The van der Waals surface area contributed by atoms with Crippen LogP contribution in [-0.2, 0) is 4.74 Å². The van der Waals surface area contributed by atoms with E-state index in [2.05, 4.69) is 15.0 Å². The Hall–Kier alpha value is -2.03. The zero-order chi connectivity index (χ0) is 16.9. The van der Waals surface area contributed by atoms with Crippen LogP contribution in [0.5, 0.6) is 5.75 Å². The van der Waals surface area contributed by atoms with Crippen molar-refractivity contribution in [1.82, 2.24) is 4.98 Å². The number of nitrogens with zero attached hydrogens (tertiary/aromatic N) is 1. The molecule has 0 fully saturated rings. The van der Waals surface area contributed by atoms with Crippen molar-refractivity contribution in [3.63, 3.8) is 0 Å². The Kier molecular flexibility index (Phi) is 5.64. The second-order valence-electron chi connectivity index (χ2n) is 4.66. The summed E-state index contributed by atoms with van der Waals surface area (Å²) in [6, 6.07) is 3.78. The number of hydrogen-bond donors (Lipinski definition) is 1. The Morgan fingerprint density at radius 1 is 1.35 bits per heavy atom. The van der Waals surface area contributed by atoms with Gasteiger partial charge >= 0.3 is 12.5 Å². The second-order valence-corrected chi connectivity index (χ2v) is 5.70. The maximum atomic E-state index is 12.2. The lowest BCUT2D eigenvalue weighted by Gasteiger charge is -2.07. The van der Waals surface area contributed by atoms with Crippen molar-refractivity contribution < 1.29 is 27.4 Å². The number of benzene rings is 1. The van der Waals surface area contributed by atoms with E-state index in [9.17, 15) is 18.0 Å². The number of unbranched alkanes of at least 4 members (excludes halogenated alkanes) is 2. The van der Waals surface area contributed by atoms with Gasteiger partial charge in [0.25, 0.3) is 0 Å². The predicted molar refractivity (Wildman–Crippen MR) is 80.8 cm³/mol. The van der Waals surface area contributed by atoms with Gasteiger partial charge in [0.05, 0.1) is 16.8 Å². The summed E-state index contributed by atoms with van der Waals surface area (Å²) >= 11 is 1.04. The van der Waals surface area contributed by atoms with Crippen LogP contribution in [0.15, 0.2) is 18.2 Å². The lowest BCUT2D eigenvalue weighted by atomic mass is 10.3.